The normalized spacial score (nSPS) is 10.8. The highest BCUT2D eigenvalue weighted by Gasteiger charge is 2.13. The molecule has 16 heavy (non-hydrogen) atoms. The Morgan fingerprint density at radius 2 is 1.88 bits per heavy atom. The number of anilines is 1. The Hall–Kier alpha value is -1.77. The van der Waals surface area contributed by atoms with Gasteiger partial charge in [-0.25, -0.2) is 0 Å². The minimum Gasteiger partial charge on any atom is -0.384 e. The lowest BCUT2D eigenvalue weighted by Crippen LogP contribution is -1.97. The smallest absolute Gasteiger partial charge is 0.124 e. The average molecular weight is 215 g/mol. The minimum atomic E-state index is 0.732. The average Bonchev–Trinajstić information content (AvgIpc) is 2.50. The van der Waals surface area contributed by atoms with Crippen LogP contribution in [0.5, 0.6) is 0 Å². The summed E-state index contributed by atoms with van der Waals surface area (Å²) in [6.45, 7) is 6.20. The lowest BCUT2D eigenvalue weighted by atomic mass is 10.0. The molecule has 0 radical (unpaired) electrons. The second-order valence-corrected chi connectivity index (χ2v) is 4.30. The quantitative estimate of drug-likeness (QED) is 0.794. The van der Waals surface area contributed by atoms with Gasteiger partial charge in [-0.2, -0.15) is 5.10 Å². The molecule has 0 atom stereocenters. The fourth-order valence-corrected chi connectivity index (χ4v) is 1.89. The van der Waals surface area contributed by atoms with Crippen LogP contribution in [0.15, 0.2) is 18.2 Å². The topological polar surface area (TPSA) is 43.8 Å². The van der Waals surface area contributed by atoms with Gasteiger partial charge in [0.2, 0.25) is 0 Å². The highest BCUT2D eigenvalue weighted by atomic mass is 15.3. The maximum Gasteiger partial charge on any atom is 0.124 e. The molecule has 2 rings (SSSR count). The molecule has 0 amide bonds. The van der Waals surface area contributed by atoms with Crippen molar-refractivity contribution in [2.75, 3.05) is 5.73 Å². The van der Waals surface area contributed by atoms with E-state index in [9.17, 15) is 0 Å². The largest absolute Gasteiger partial charge is 0.384 e. The summed E-state index contributed by atoms with van der Waals surface area (Å²) in [7, 11) is 1.87. The third kappa shape index (κ3) is 1.58. The van der Waals surface area contributed by atoms with Gasteiger partial charge in [0.1, 0.15) is 5.82 Å². The van der Waals surface area contributed by atoms with E-state index >= 15 is 0 Å². The van der Waals surface area contributed by atoms with E-state index in [1.54, 1.807) is 4.68 Å². The Morgan fingerprint density at radius 3 is 2.44 bits per heavy atom. The van der Waals surface area contributed by atoms with Gasteiger partial charge in [0.15, 0.2) is 0 Å². The SMILES string of the molecule is Cc1ccc(C)c(-c2nn(C)c(N)c2C)c1. The summed E-state index contributed by atoms with van der Waals surface area (Å²) >= 11 is 0. The minimum absolute atomic E-state index is 0.732. The third-order valence-corrected chi connectivity index (χ3v) is 2.99. The van der Waals surface area contributed by atoms with Gasteiger partial charge in [-0.3, -0.25) is 4.68 Å². The molecule has 0 spiro atoms. The molecule has 84 valence electrons. The summed E-state index contributed by atoms with van der Waals surface area (Å²) in [6, 6.07) is 6.39. The molecule has 0 bridgehead atoms. The maximum atomic E-state index is 5.93. The third-order valence-electron chi connectivity index (χ3n) is 2.99. The van der Waals surface area contributed by atoms with Crippen molar-refractivity contribution in [3.05, 3.63) is 34.9 Å². The van der Waals surface area contributed by atoms with Crippen LogP contribution in [0.2, 0.25) is 0 Å². The van der Waals surface area contributed by atoms with Crippen molar-refractivity contribution in [3.63, 3.8) is 0 Å². The fraction of sp³-hybridized carbons (Fsp3) is 0.308. The van der Waals surface area contributed by atoms with E-state index in [0.717, 1.165) is 17.1 Å². The summed E-state index contributed by atoms with van der Waals surface area (Å²) in [5, 5.41) is 4.47. The van der Waals surface area contributed by atoms with Gasteiger partial charge in [-0.05, 0) is 32.4 Å². The fourth-order valence-electron chi connectivity index (χ4n) is 1.89. The number of nitrogens with zero attached hydrogens (tertiary/aromatic N) is 2. The number of hydrogen-bond acceptors (Lipinski definition) is 2. The zero-order valence-corrected chi connectivity index (χ0v) is 10.2. The van der Waals surface area contributed by atoms with Crippen molar-refractivity contribution in [2.24, 2.45) is 7.05 Å². The Morgan fingerprint density at radius 1 is 1.19 bits per heavy atom. The van der Waals surface area contributed by atoms with E-state index in [0.29, 0.717) is 0 Å². The van der Waals surface area contributed by atoms with Gasteiger partial charge >= 0.3 is 0 Å². The van der Waals surface area contributed by atoms with E-state index in [1.165, 1.54) is 16.7 Å². The lowest BCUT2D eigenvalue weighted by Gasteiger charge is -2.05. The van der Waals surface area contributed by atoms with Crippen molar-refractivity contribution >= 4 is 5.82 Å². The van der Waals surface area contributed by atoms with Crippen LogP contribution in [0.4, 0.5) is 5.82 Å². The summed E-state index contributed by atoms with van der Waals surface area (Å²) in [5.41, 5.74) is 11.6. The van der Waals surface area contributed by atoms with E-state index in [1.807, 2.05) is 14.0 Å². The Kier molecular flexibility index (Phi) is 2.46. The summed E-state index contributed by atoms with van der Waals surface area (Å²) in [4.78, 5) is 0. The predicted octanol–water partition coefficient (Wildman–Crippen LogP) is 2.59. The van der Waals surface area contributed by atoms with Gasteiger partial charge in [-0.15, -0.1) is 0 Å². The van der Waals surface area contributed by atoms with Crippen molar-refractivity contribution in [1.29, 1.82) is 0 Å². The first-order valence-corrected chi connectivity index (χ1v) is 5.37. The number of rotatable bonds is 1. The first kappa shape index (κ1) is 10.7. The standard InChI is InChI=1S/C13H17N3/c1-8-5-6-9(2)11(7-8)12-10(3)13(14)16(4)15-12/h5-7H,14H2,1-4H3. The number of nitrogens with two attached hydrogens (primary N) is 1. The molecule has 3 heteroatoms. The number of benzene rings is 1. The van der Waals surface area contributed by atoms with E-state index in [4.69, 9.17) is 5.73 Å². The highest BCUT2D eigenvalue weighted by Crippen LogP contribution is 2.28. The van der Waals surface area contributed by atoms with Crippen LogP contribution in [0.3, 0.4) is 0 Å². The van der Waals surface area contributed by atoms with E-state index < -0.39 is 0 Å². The van der Waals surface area contributed by atoms with Crippen LogP contribution in [-0.4, -0.2) is 9.78 Å². The van der Waals surface area contributed by atoms with Crippen molar-refractivity contribution in [2.45, 2.75) is 20.8 Å². The van der Waals surface area contributed by atoms with Crippen LogP contribution in [0, 0.1) is 20.8 Å². The van der Waals surface area contributed by atoms with E-state index in [-0.39, 0.29) is 0 Å². The van der Waals surface area contributed by atoms with Crippen molar-refractivity contribution in [3.8, 4) is 11.3 Å². The number of nitrogen functional groups attached to an aromatic ring is 1. The Labute approximate surface area is 95.9 Å². The molecule has 0 aliphatic carbocycles. The predicted molar refractivity (Wildman–Crippen MR) is 67.3 cm³/mol. The Bertz CT molecular complexity index is 538. The molecule has 3 nitrogen and oxygen atoms in total. The van der Waals surface area contributed by atoms with Crippen LogP contribution in [0.25, 0.3) is 11.3 Å². The first-order chi connectivity index (χ1) is 7.50. The molecule has 0 saturated carbocycles. The van der Waals surface area contributed by atoms with Crippen LogP contribution in [-0.2, 0) is 7.05 Å². The van der Waals surface area contributed by atoms with Gasteiger partial charge in [0.05, 0.1) is 5.69 Å². The summed E-state index contributed by atoms with van der Waals surface area (Å²) in [5.74, 6) is 0.732. The molecule has 1 aromatic carbocycles. The van der Waals surface area contributed by atoms with Gasteiger partial charge in [0.25, 0.3) is 0 Å². The second kappa shape index (κ2) is 3.67. The molecule has 1 aromatic heterocycles. The molecule has 2 N–H and O–H groups in total. The van der Waals surface area contributed by atoms with Crippen LogP contribution in [0.1, 0.15) is 16.7 Å². The zero-order valence-electron chi connectivity index (χ0n) is 10.2. The van der Waals surface area contributed by atoms with Crippen molar-refractivity contribution < 1.29 is 0 Å². The van der Waals surface area contributed by atoms with Crippen LogP contribution >= 0.6 is 0 Å². The highest BCUT2D eigenvalue weighted by molar-refractivity contribution is 5.71. The molecule has 0 fully saturated rings. The summed E-state index contributed by atoms with van der Waals surface area (Å²) < 4.78 is 1.73. The molecular weight excluding hydrogens is 198 g/mol. The van der Waals surface area contributed by atoms with Gasteiger partial charge < -0.3 is 5.73 Å². The monoisotopic (exact) mass is 215 g/mol. The first-order valence-electron chi connectivity index (χ1n) is 5.37. The lowest BCUT2D eigenvalue weighted by molar-refractivity contribution is 0.782. The molecule has 0 aliphatic heterocycles. The zero-order chi connectivity index (χ0) is 11.9. The molecule has 0 aliphatic rings. The molecular formula is C13H17N3. The number of aromatic nitrogens is 2. The van der Waals surface area contributed by atoms with Crippen molar-refractivity contribution in [1.82, 2.24) is 9.78 Å². The number of aryl methyl sites for hydroxylation is 3. The summed E-state index contributed by atoms with van der Waals surface area (Å²) in [6.07, 6.45) is 0. The van der Waals surface area contributed by atoms with Gasteiger partial charge in [-0.1, -0.05) is 17.7 Å². The van der Waals surface area contributed by atoms with Gasteiger partial charge in [0, 0.05) is 18.2 Å². The molecule has 0 unspecified atom stereocenters. The molecule has 2 aromatic rings. The second-order valence-electron chi connectivity index (χ2n) is 4.30. The molecule has 0 saturated heterocycles. The van der Waals surface area contributed by atoms with E-state index in [2.05, 4.69) is 37.1 Å². The molecule has 1 heterocycles. The number of hydrogen-bond donors (Lipinski definition) is 1. The Balaban J connectivity index is 2.67. The van der Waals surface area contributed by atoms with Crippen LogP contribution < -0.4 is 5.73 Å². The maximum absolute atomic E-state index is 5.93.